The van der Waals surface area contributed by atoms with Crippen LogP contribution in [0.25, 0.3) is 10.8 Å². The minimum absolute atomic E-state index is 0.120. The van der Waals surface area contributed by atoms with E-state index in [2.05, 4.69) is 5.16 Å². The van der Waals surface area contributed by atoms with Crippen molar-refractivity contribution in [2.24, 2.45) is 0 Å². The molecule has 1 unspecified atom stereocenters. The molecule has 1 aromatic heterocycles. The van der Waals surface area contributed by atoms with Crippen LogP contribution in [0, 0.1) is 5.82 Å². The summed E-state index contributed by atoms with van der Waals surface area (Å²) in [4.78, 5) is 13.5. The summed E-state index contributed by atoms with van der Waals surface area (Å²) in [5.41, 5.74) is 1.36. The number of fused-ring (bicyclic) bond motifs is 1. The zero-order chi connectivity index (χ0) is 25.1. The molecule has 0 spiro atoms. The van der Waals surface area contributed by atoms with Gasteiger partial charge in [-0.05, 0) is 28.9 Å². The van der Waals surface area contributed by atoms with Crippen molar-refractivity contribution in [3.63, 3.8) is 0 Å². The number of hydrogen-bond donors (Lipinski definition) is 1. The number of aromatic nitrogens is 1. The largest absolute Gasteiger partial charge is 0.470 e. The van der Waals surface area contributed by atoms with E-state index < -0.39 is 11.9 Å². The molecule has 5 rings (SSSR count). The van der Waals surface area contributed by atoms with Crippen molar-refractivity contribution in [2.45, 2.75) is 31.5 Å². The van der Waals surface area contributed by atoms with Crippen LogP contribution in [0.1, 0.15) is 47.3 Å². The lowest BCUT2D eigenvalue weighted by atomic mass is 9.89. The number of carbonyl (C=O) groups is 1. The fourth-order valence-electron chi connectivity index (χ4n) is 4.74. The van der Waals surface area contributed by atoms with Gasteiger partial charge < -0.3 is 24.0 Å². The maximum Gasteiger partial charge on any atom is 0.409 e. The smallest absolute Gasteiger partial charge is 0.409 e. The fourth-order valence-corrected chi connectivity index (χ4v) is 4.74. The molecule has 1 N–H and O–H groups in total. The van der Waals surface area contributed by atoms with Gasteiger partial charge in [-0.25, -0.2) is 9.18 Å². The topological polar surface area (TPSA) is 85.0 Å². The first-order valence-electron chi connectivity index (χ1n) is 11.9. The summed E-state index contributed by atoms with van der Waals surface area (Å²) in [6, 6.07) is 20.0. The second-order valence-corrected chi connectivity index (χ2v) is 8.86. The van der Waals surface area contributed by atoms with Crippen LogP contribution >= 0.6 is 0 Å². The number of hydrogen-bond acceptors (Lipinski definition) is 6. The molecule has 0 bridgehead atoms. The Kier molecular flexibility index (Phi) is 6.86. The summed E-state index contributed by atoms with van der Waals surface area (Å²) in [5, 5.41) is 16.8. The molecule has 1 fully saturated rings. The average Bonchev–Trinajstić information content (AvgIpc) is 3.36. The van der Waals surface area contributed by atoms with Gasteiger partial charge in [-0.15, -0.1) is 0 Å². The van der Waals surface area contributed by atoms with E-state index in [9.17, 15) is 9.90 Å². The Morgan fingerprint density at radius 1 is 1.11 bits per heavy atom. The number of piperidine rings is 1. The summed E-state index contributed by atoms with van der Waals surface area (Å²) in [6.07, 6.45) is -0.554. The molecule has 4 aromatic rings. The molecule has 1 amide bonds. The number of amides is 1. The predicted octanol–water partition coefficient (Wildman–Crippen LogP) is 5.57. The third-order valence-electron chi connectivity index (χ3n) is 6.70. The number of ether oxygens (including phenoxy) is 2. The number of halogens is 1. The monoisotopic (exact) mass is 490 g/mol. The first-order valence-corrected chi connectivity index (χ1v) is 11.9. The van der Waals surface area contributed by atoms with Crippen LogP contribution in [-0.2, 0) is 11.3 Å². The zero-order valence-electron chi connectivity index (χ0n) is 19.9. The molecule has 1 atom stereocenters. The predicted molar refractivity (Wildman–Crippen MR) is 131 cm³/mol. The molecular formula is C28H27FN2O5. The number of aliphatic hydroxyl groups excluding tert-OH is 1. The number of benzene rings is 3. The number of methoxy groups -OCH3 is 1. The second-order valence-electron chi connectivity index (χ2n) is 8.86. The average molecular weight is 491 g/mol. The molecule has 36 heavy (non-hydrogen) atoms. The maximum atomic E-state index is 15.5. The minimum atomic E-state index is -1.35. The van der Waals surface area contributed by atoms with Gasteiger partial charge in [-0.1, -0.05) is 66.7 Å². The number of nitrogens with zero attached hydrogens (tertiary/aromatic N) is 2. The Bertz CT molecular complexity index is 1350. The van der Waals surface area contributed by atoms with Crippen LogP contribution < -0.4 is 4.74 Å². The van der Waals surface area contributed by atoms with E-state index in [0.717, 1.165) is 10.9 Å². The van der Waals surface area contributed by atoms with E-state index in [1.165, 1.54) is 7.11 Å². The Labute approximate surface area is 208 Å². The van der Waals surface area contributed by atoms with Gasteiger partial charge >= 0.3 is 6.09 Å². The molecular weight excluding hydrogens is 463 g/mol. The van der Waals surface area contributed by atoms with Gasteiger partial charge in [0, 0.05) is 30.0 Å². The number of likely N-dealkylation sites (tertiary alicyclic amines) is 1. The van der Waals surface area contributed by atoms with Gasteiger partial charge in [0.1, 0.15) is 24.3 Å². The molecule has 7 nitrogen and oxygen atoms in total. The van der Waals surface area contributed by atoms with Gasteiger partial charge in [0.15, 0.2) is 0 Å². The Hall–Kier alpha value is -3.91. The number of aliphatic hydroxyl groups is 1. The molecule has 186 valence electrons. The fraction of sp³-hybridized carbons (Fsp3) is 0.286. The Morgan fingerprint density at radius 2 is 1.83 bits per heavy atom. The molecule has 1 aliphatic rings. The molecule has 0 radical (unpaired) electrons. The highest BCUT2D eigenvalue weighted by molar-refractivity contribution is 5.84. The maximum absolute atomic E-state index is 15.5. The van der Waals surface area contributed by atoms with E-state index in [4.69, 9.17) is 14.0 Å². The third-order valence-corrected chi connectivity index (χ3v) is 6.70. The molecule has 2 heterocycles. The van der Waals surface area contributed by atoms with Crippen molar-refractivity contribution in [3.8, 4) is 5.88 Å². The highest BCUT2D eigenvalue weighted by atomic mass is 19.1. The lowest BCUT2D eigenvalue weighted by Gasteiger charge is -2.30. The SMILES string of the molecule is COC(=O)N1CCC(c2onc(OCc3ccccc3)c2C(O)c2ccc3ccccc3c2F)CC1. The van der Waals surface area contributed by atoms with Crippen molar-refractivity contribution in [1.82, 2.24) is 10.1 Å². The van der Waals surface area contributed by atoms with Crippen molar-refractivity contribution >= 4 is 16.9 Å². The first-order chi connectivity index (χ1) is 17.6. The first kappa shape index (κ1) is 23.8. The molecule has 0 saturated carbocycles. The number of rotatable bonds is 6. The standard InChI is InChI=1S/C28H27FN2O5/c1-34-28(33)31-15-13-20(14-16-31)26-23(27(30-36-26)35-17-18-7-3-2-4-8-18)25(32)22-12-11-19-9-5-6-10-21(19)24(22)29/h2-12,20,25,32H,13-17H2,1H3. The van der Waals surface area contributed by atoms with Crippen molar-refractivity contribution in [2.75, 3.05) is 20.2 Å². The summed E-state index contributed by atoms with van der Waals surface area (Å²) < 4.78 is 32.1. The highest BCUT2D eigenvalue weighted by Gasteiger charge is 2.34. The van der Waals surface area contributed by atoms with E-state index in [0.29, 0.717) is 42.6 Å². The normalized spacial score (nSPS) is 15.1. The lowest BCUT2D eigenvalue weighted by molar-refractivity contribution is 0.109. The van der Waals surface area contributed by atoms with Crippen molar-refractivity contribution in [3.05, 3.63) is 95.0 Å². The summed E-state index contributed by atoms with van der Waals surface area (Å²) in [6.45, 7) is 1.16. The third kappa shape index (κ3) is 4.64. The minimum Gasteiger partial charge on any atom is -0.470 e. The van der Waals surface area contributed by atoms with Crippen LogP contribution in [0.15, 0.2) is 71.3 Å². The van der Waals surface area contributed by atoms with Gasteiger partial charge in [-0.2, -0.15) is 0 Å². The van der Waals surface area contributed by atoms with Gasteiger partial charge in [0.25, 0.3) is 5.88 Å². The Morgan fingerprint density at radius 3 is 2.58 bits per heavy atom. The van der Waals surface area contributed by atoms with E-state index in [-0.39, 0.29) is 30.1 Å². The molecule has 0 aliphatic carbocycles. The van der Waals surface area contributed by atoms with Gasteiger partial charge in [0.05, 0.1) is 12.7 Å². The molecule has 1 aliphatic heterocycles. The number of carbonyl (C=O) groups excluding carboxylic acids is 1. The van der Waals surface area contributed by atoms with Crippen molar-refractivity contribution in [1.29, 1.82) is 0 Å². The van der Waals surface area contributed by atoms with Crippen LogP contribution in [0.5, 0.6) is 5.88 Å². The van der Waals surface area contributed by atoms with E-state index in [1.807, 2.05) is 42.5 Å². The van der Waals surface area contributed by atoms with Crippen molar-refractivity contribution < 1.29 is 28.3 Å². The molecule has 1 saturated heterocycles. The second kappa shape index (κ2) is 10.4. The summed E-state index contributed by atoms with van der Waals surface area (Å²) in [7, 11) is 1.35. The summed E-state index contributed by atoms with van der Waals surface area (Å²) in [5.74, 6) is -0.0464. The Balaban J connectivity index is 1.49. The van der Waals surface area contributed by atoms with E-state index >= 15 is 4.39 Å². The quantitative estimate of drug-likeness (QED) is 0.380. The van der Waals surface area contributed by atoms with Crippen LogP contribution in [0.3, 0.4) is 0 Å². The highest BCUT2D eigenvalue weighted by Crippen LogP contribution is 2.41. The van der Waals surface area contributed by atoms with E-state index in [1.54, 1.807) is 29.2 Å². The van der Waals surface area contributed by atoms with Crippen LogP contribution in [0.4, 0.5) is 9.18 Å². The summed E-state index contributed by atoms with van der Waals surface area (Å²) >= 11 is 0. The van der Waals surface area contributed by atoms with Crippen LogP contribution in [0.2, 0.25) is 0 Å². The molecule has 3 aromatic carbocycles. The lowest BCUT2D eigenvalue weighted by Crippen LogP contribution is -2.37. The van der Waals surface area contributed by atoms with Gasteiger partial charge in [-0.3, -0.25) is 0 Å². The van der Waals surface area contributed by atoms with Crippen LogP contribution in [-0.4, -0.2) is 41.5 Å². The molecule has 8 heteroatoms. The zero-order valence-corrected chi connectivity index (χ0v) is 19.9. The van der Waals surface area contributed by atoms with Gasteiger partial charge in [0.2, 0.25) is 0 Å².